The lowest BCUT2D eigenvalue weighted by atomic mass is 9.84. The molecule has 39 heavy (non-hydrogen) atoms. The molecular formula is C26H29F3N6O3S. The molecule has 2 aromatic carbocycles. The van der Waals surface area contributed by atoms with Gasteiger partial charge in [0.2, 0.25) is 10.0 Å². The number of benzene rings is 2. The molecular weight excluding hydrogens is 533 g/mol. The van der Waals surface area contributed by atoms with E-state index in [1.54, 1.807) is 19.9 Å². The minimum Gasteiger partial charge on any atom is -0.369 e. The molecule has 0 bridgehead atoms. The molecule has 3 heterocycles. The van der Waals surface area contributed by atoms with Crippen LogP contribution in [0.3, 0.4) is 0 Å². The molecule has 0 saturated carbocycles. The molecule has 0 spiro atoms. The monoisotopic (exact) mass is 562 g/mol. The Bertz CT molecular complexity index is 1510. The van der Waals surface area contributed by atoms with Gasteiger partial charge in [-0.15, -0.1) is 0 Å². The summed E-state index contributed by atoms with van der Waals surface area (Å²) in [5, 5.41) is 9.63. The number of aromatic amines is 1. The number of hydrogen-bond acceptors (Lipinski definition) is 6. The van der Waals surface area contributed by atoms with Crippen molar-refractivity contribution in [2.45, 2.75) is 30.7 Å². The van der Waals surface area contributed by atoms with E-state index in [-0.39, 0.29) is 24.5 Å². The summed E-state index contributed by atoms with van der Waals surface area (Å²) in [6, 6.07) is 6.55. The predicted molar refractivity (Wildman–Crippen MR) is 140 cm³/mol. The number of carbonyl (C=O) groups excluding carboxylic acids is 1. The summed E-state index contributed by atoms with van der Waals surface area (Å²) in [5.41, 5.74) is 0.706. The van der Waals surface area contributed by atoms with Gasteiger partial charge in [0.15, 0.2) is 5.82 Å². The number of fused-ring (bicyclic) bond motifs is 1. The second-order valence-electron chi connectivity index (χ2n) is 10.6. The summed E-state index contributed by atoms with van der Waals surface area (Å²) in [5.74, 6) is -3.40. The first-order chi connectivity index (χ1) is 18.3. The highest BCUT2D eigenvalue weighted by atomic mass is 32.2. The first kappa shape index (κ1) is 27.2. The Hall–Kier alpha value is -3.42. The Balaban J connectivity index is 1.39. The molecule has 2 N–H and O–H groups in total. The molecule has 13 heteroatoms. The summed E-state index contributed by atoms with van der Waals surface area (Å²) in [7, 11) is -2.27. The summed E-state index contributed by atoms with van der Waals surface area (Å²) in [6.07, 6.45) is 0. The Morgan fingerprint density at radius 3 is 2.33 bits per heavy atom. The van der Waals surface area contributed by atoms with Gasteiger partial charge in [-0.2, -0.15) is 9.40 Å². The number of likely N-dealkylation sites (N-methyl/N-ethyl adjacent to an activating group) is 1. The maximum Gasteiger partial charge on any atom is 0.259 e. The zero-order chi connectivity index (χ0) is 28.1. The lowest BCUT2D eigenvalue weighted by Gasteiger charge is -2.36. The lowest BCUT2D eigenvalue weighted by molar-refractivity contribution is 0.102. The van der Waals surface area contributed by atoms with Crippen LogP contribution in [-0.2, 0) is 22.0 Å². The fourth-order valence-corrected chi connectivity index (χ4v) is 6.67. The maximum atomic E-state index is 15.0. The first-order valence-corrected chi connectivity index (χ1v) is 13.9. The van der Waals surface area contributed by atoms with Crippen LogP contribution in [0.15, 0.2) is 41.3 Å². The van der Waals surface area contributed by atoms with Crippen molar-refractivity contribution < 1.29 is 26.4 Å². The van der Waals surface area contributed by atoms with Crippen molar-refractivity contribution in [1.82, 2.24) is 19.4 Å². The number of carbonyl (C=O) groups is 1. The van der Waals surface area contributed by atoms with E-state index < -0.39 is 43.7 Å². The summed E-state index contributed by atoms with van der Waals surface area (Å²) >= 11 is 0. The van der Waals surface area contributed by atoms with Gasteiger partial charge in [-0.05, 0) is 37.4 Å². The third-order valence-electron chi connectivity index (χ3n) is 7.22. The lowest BCUT2D eigenvalue weighted by Crippen LogP contribution is -2.45. The molecule has 1 fully saturated rings. The highest BCUT2D eigenvalue weighted by molar-refractivity contribution is 7.89. The number of aromatic nitrogens is 2. The number of sulfonamides is 1. The van der Waals surface area contributed by atoms with Crippen LogP contribution in [0.5, 0.6) is 0 Å². The normalized spacial score (nSPS) is 18.2. The van der Waals surface area contributed by atoms with Gasteiger partial charge >= 0.3 is 0 Å². The average Bonchev–Trinajstić information content (AvgIpc) is 3.27. The number of halogens is 3. The van der Waals surface area contributed by atoms with E-state index >= 15 is 4.39 Å². The van der Waals surface area contributed by atoms with Crippen molar-refractivity contribution in [1.29, 1.82) is 0 Å². The topological polar surface area (TPSA) is 102 Å². The summed E-state index contributed by atoms with van der Waals surface area (Å²) < 4.78 is 70.3. The van der Waals surface area contributed by atoms with E-state index in [4.69, 9.17) is 0 Å². The van der Waals surface area contributed by atoms with Gasteiger partial charge < -0.3 is 15.1 Å². The van der Waals surface area contributed by atoms with Crippen molar-refractivity contribution in [3.05, 3.63) is 70.7 Å². The predicted octanol–water partition coefficient (Wildman–Crippen LogP) is 3.31. The van der Waals surface area contributed by atoms with E-state index in [0.717, 1.165) is 42.6 Å². The quantitative estimate of drug-likeness (QED) is 0.495. The smallest absolute Gasteiger partial charge is 0.259 e. The van der Waals surface area contributed by atoms with E-state index in [9.17, 15) is 22.0 Å². The first-order valence-electron chi connectivity index (χ1n) is 12.4. The van der Waals surface area contributed by atoms with Crippen LogP contribution >= 0.6 is 0 Å². The maximum absolute atomic E-state index is 15.0. The zero-order valence-corrected chi connectivity index (χ0v) is 22.6. The molecule has 3 aromatic rings. The fraction of sp³-hybridized carbons (Fsp3) is 0.385. The standard InChI is InChI=1S/C26H29F3N6O3S/c1-26(2)15-35(39(37,38)19-11-16(27)10-17(28)12-19)14-21-23(26)31-32-24(21)30-25(36)20-5-4-18(13-22(20)29)34-8-6-33(3)7-9-34/h4-5,10-13H,6-9,14-15H2,1-3H3,(H2,30,31,32,36). The van der Waals surface area contributed by atoms with Crippen molar-refractivity contribution in [2.24, 2.45) is 0 Å². The number of H-pyrrole nitrogens is 1. The van der Waals surface area contributed by atoms with Crippen molar-refractivity contribution in [2.75, 3.05) is 50.0 Å². The minimum atomic E-state index is -4.29. The number of nitrogens with zero attached hydrogens (tertiary/aromatic N) is 4. The molecule has 208 valence electrons. The largest absolute Gasteiger partial charge is 0.369 e. The minimum absolute atomic E-state index is 0.00156. The van der Waals surface area contributed by atoms with E-state index in [0.29, 0.717) is 23.0 Å². The molecule has 2 aliphatic heterocycles. The number of amides is 1. The second kappa shape index (κ2) is 9.96. The van der Waals surface area contributed by atoms with Crippen LogP contribution < -0.4 is 10.2 Å². The average molecular weight is 563 g/mol. The Morgan fingerprint density at radius 2 is 1.69 bits per heavy atom. The molecule has 1 saturated heterocycles. The third-order valence-corrected chi connectivity index (χ3v) is 8.99. The Kier molecular flexibility index (Phi) is 6.93. The number of nitrogens with one attached hydrogen (secondary N) is 2. The fourth-order valence-electron chi connectivity index (χ4n) is 5.06. The molecule has 1 aromatic heterocycles. The SMILES string of the molecule is CN1CCN(c2ccc(C(=O)Nc3n[nH]c4c3CN(S(=O)(=O)c3cc(F)cc(F)c3)CC4(C)C)c(F)c2)CC1. The molecule has 2 aliphatic rings. The Morgan fingerprint density at radius 1 is 1.03 bits per heavy atom. The molecule has 0 radical (unpaired) electrons. The molecule has 0 unspecified atom stereocenters. The molecule has 0 atom stereocenters. The van der Waals surface area contributed by atoms with Gasteiger partial charge in [-0.1, -0.05) is 13.8 Å². The van der Waals surface area contributed by atoms with Gasteiger partial charge in [0.1, 0.15) is 17.5 Å². The van der Waals surface area contributed by atoms with Crippen LogP contribution in [0.4, 0.5) is 24.7 Å². The van der Waals surface area contributed by atoms with Gasteiger partial charge in [0.25, 0.3) is 5.91 Å². The van der Waals surface area contributed by atoms with Crippen molar-refractivity contribution >= 4 is 27.4 Å². The highest BCUT2D eigenvalue weighted by Crippen LogP contribution is 2.38. The molecule has 1 amide bonds. The molecule has 0 aliphatic carbocycles. The van der Waals surface area contributed by atoms with Crippen molar-refractivity contribution in [3.8, 4) is 0 Å². The zero-order valence-electron chi connectivity index (χ0n) is 21.8. The van der Waals surface area contributed by atoms with Crippen LogP contribution in [0.25, 0.3) is 0 Å². The highest BCUT2D eigenvalue weighted by Gasteiger charge is 2.41. The van der Waals surface area contributed by atoms with Crippen LogP contribution in [0, 0.1) is 17.5 Å². The number of piperazine rings is 1. The van der Waals surface area contributed by atoms with E-state index in [1.165, 1.54) is 12.1 Å². The van der Waals surface area contributed by atoms with Crippen molar-refractivity contribution in [3.63, 3.8) is 0 Å². The summed E-state index contributed by atoms with van der Waals surface area (Å²) in [4.78, 5) is 16.8. The van der Waals surface area contributed by atoms with Gasteiger partial charge in [-0.25, -0.2) is 21.6 Å². The van der Waals surface area contributed by atoms with Gasteiger partial charge in [0.05, 0.1) is 10.5 Å². The van der Waals surface area contributed by atoms with E-state index in [1.807, 2.05) is 7.05 Å². The third kappa shape index (κ3) is 5.25. The number of anilines is 2. The van der Waals surface area contributed by atoms with Crippen LogP contribution in [-0.4, -0.2) is 73.5 Å². The second-order valence-corrected chi connectivity index (χ2v) is 12.5. The van der Waals surface area contributed by atoms with E-state index in [2.05, 4.69) is 25.3 Å². The molecule has 5 rings (SSSR count). The van der Waals surface area contributed by atoms with Crippen LogP contribution in [0.2, 0.25) is 0 Å². The number of rotatable bonds is 5. The number of hydrogen-bond donors (Lipinski definition) is 2. The van der Waals surface area contributed by atoms with Crippen LogP contribution in [0.1, 0.15) is 35.5 Å². The molecule has 9 nitrogen and oxygen atoms in total. The van der Waals surface area contributed by atoms with Gasteiger partial charge in [0, 0.05) is 67.7 Å². The Labute approximate surface area is 224 Å². The summed E-state index contributed by atoms with van der Waals surface area (Å²) in [6.45, 7) is 6.54. The van der Waals surface area contributed by atoms with Gasteiger partial charge in [-0.3, -0.25) is 9.89 Å².